The molecule has 0 spiro atoms. The van der Waals surface area contributed by atoms with Gasteiger partial charge in [0.2, 0.25) is 0 Å². The number of hydrogen-bond acceptors (Lipinski definition) is 2. The first-order chi connectivity index (χ1) is 11.0. The van der Waals surface area contributed by atoms with Crippen LogP contribution in [0.15, 0.2) is 60.6 Å². The van der Waals surface area contributed by atoms with Crippen molar-refractivity contribution >= 4 is 11.6 Å². The summed E-state index contributed by atoms with van der Waals surface area (Å²) in [6.07, 6.45) is -0.613. The van der Waals surface area contributed by atoms with Crippen LogP contribution in [0.5, 0.6) is 5.75 Å². The van der Waals surface area contributed by atoms with Crippen LogP contribution in [0, 0.1) is 11.3 Å². The average molecular weight is 315 g/mol. The number of benzene rings is 2. The molecule has 0 saturated heterocycles. The van der Waals surface area contributed by atoms with Gasteiger partial charge in [0.15, 0.2) is 0 Å². The molecule has 23 heavy (non-hydrogen) atoms. The molecule has 2 aromatic carbocycles. The predicted octanol–water partition coefficient (Wildman–Crippen LogP) is 5.53. The van der Waals surface area contributed by atoms with Crippen LogP contribution >= 0.6 is 0 Å². The first-order valence-corrected chi connectivity index (χ1v) is 6.67. The molecule has 0 radical (unpaired) electrons. The van der Waals surface area contributed by atoms with Gasteiger partial charge in [-0.1, -0.05) is 30.3 Å². The Balaban J connectivity index is 2.15. The Bertz CT molecular complexity index is 781. The normalized spacial score (nSPS) is 10.8. The number of nitriles is 1. The molecule has 0 aliphatic carbocycles. The third-order valence-corrected chi connectivity index (χ3v) is 3.09. The van der Waals surface area contributed by atoms with Crippen molar-refractivity contribution in [1.82, 2.24) is 0 Å². The van der Waals surface area contributed by atoms with Gasteiger partial charge in [0, 0.05) is 0 Å². The largest absolute Gasteiger partial charge is 0.428 e. The van der Waals surface area contributed by atoms with E-state index < -0.39 is 12.1 Å². The van der Waals surface area contributed by atoms with Crippen LogP contribution in [0.1, 0.15) is 23.6 Å². The first-order valence-electron chi connectivity index (χ1n) is 6.67. The molecule has 2 nitrogen and oxygen atoms in total. The summed E-state index contributed by atoms with van der Waals surface area (Å²) in [5, 5.41) is 8.77. The minimum atomic E-state index is -2.49. The molecule has 0 N–H and O–H groups in total. The fourth-order valence-corrected chi connectivity index (χ4v) is 1.92. The minimum absolute atomic E-state index is 0.0107. The van der Waals surface area contributed by atoms with Crippen molar-refractivity contribution in [2.75, 3.05) is 0 Å². The van der Waals surface area contributed by atoms with Crippen LogP contribution in [-0.4, -0.2) is 0 Å². The lowest BCUT2D eigenvalue weighted by Crippen LogP contribution is -1.90. The van der Waals surface area contributed by atoms with Gasteiger partial charge in [-0.2, -0.15) is 18.4 Å². The Morgan fingerprint density at radius 2 is 1.61 bits per heavy atom. The van der Waals surface area contributed by atoms with E-state index in [2.05, 4.69) is 10.8 Å². The highest BCUT2D eigenvalue weighted by Gasteiger charge is 2.07. The Kier molecular flexibility index (Phi) is 5.21. The number of rotatable bonds is 4. The van der Waals surface area contributed by atoms with Crippen LogP contribution in [-0.2, 0) is 0 Å². The maximum absolute atomic E-state index is 12.7. The van der Waals surface area contributed by atoms with Crippen molar-refractivity contribution < 1.29 is 17.9 Å². The van der Waals surface area contributed by atoms with Crippen LogP contribution in [0.2, 0.25) is 0 Å². The Morgan fingerprint density at radius 1 is 1.00 bits per heavy atom. The van der Waals surface area contributed by atoms with Gasteiger partial charge in [0.25, 0.3) is 0 Å². The second kappa shape index (κ2) is 7.32. The summed E-state index contributed by atoms with van der Waals surface area (Å²) in [4.78, 5) is 0. The van der Waals surface area contributed by atoms with Crippen molar-refractivity contribution in [3.8, 4) is 11.8 Å². The summed E-state index contributed by atoms with van der Waals surface area (Å²) < 4.78 is 40.9. The summed E-state index contributed by atoms with van der Waals surface area (Å²) >= 11 is 0. The van der Waals surface area contributed by atoms with Crippen molar-refractivity contribution in [2.24, 2.45) is 0 Å². The summed E-state index contributed by atoms with van der Waals surface area (Å²) in [5.74, 6) is -0.0107. The number of nitrogens with zero attached hydrogens (tertiary/aromatic N) is 1. The maximum Gasteiger partial charge on any atom is 0.344 e. The van der Waals surface area contributed by atoms with Crippen LogP contribution in [0.3, 0.4) is 0 Å². The molecular formula is C18H12F3NO. The summed E-state index contributed by atoms with van der Waals surface area (Å²) in [7, 11) is 0. The summed E-state index contributed by atoms with van der Waals surface area (Å²) in [6, 6.07) is 13.4. The third kappa shape index (κ3) is 4.48. The highest BCUT2D eigenvalue weighted by molar-refractivity contribution is 5.80. The lowest BCUT2D eigenvalue weighted by Gasteiger charge is -2.04. The maximum atomic E-state index is 12.7. The van der Waals surface area contributed by atoms with Crippen molar-refractivity contribution in [1.29, 1.82) is 5.26 Å². The van der Waals surface area contributed by atoms with Gasteiger partial charge in [-0.05, 0) is 47.9 Å². The highest BCUT2D eigenvalue weighted by atomic mass is 19.3. The molecule has 0 saturated carbocycles. The number of halogens is 3. The van der Waals surface area contributed by atoms with Crippen LogP contribution in [0.4, 0.5) is 13.2 Å². The Labute approximate surface area is 131 Å². The van der Waals surface area contributed by atoms with Gasteiger partial charge in [-0.25, -0.2) is 0 Å². The molecule has 0 unspecified atom stereocenters. The first kappa shape index (κ1) is 16.4. The smallest absolute Gasteiger partial charge is 0.344 e. The zero-order valence-corrected chi connectivity index (χ0v) is 12.2. The lowest BCUT2D eigenvalue weighted by atomic mass is 10.0. The van der Waals surface area contributed by atoms with E-state index >= 15 is 0 Å². The van der Waals surface area contributed by atoms with E-state index in [0.717, 1.165) is 16.7 Å². The van der Waals surface area contributed by atoms with Crippen molar-refractivity contribution in [2.45, 2.75) is 6.92 Å². The Hall–Kier alpha value is -3.00. The zero-order chi connectivity index (χ0) is 16.8. The molecule has 2 rings (SSSR count). The van der Waals surface area contributed by atoms with E-state index in [-0.39, 0.29) is 5.75 Å². The fraction of sp³-hybridized carbons (Fsp3) is 0.0556. The van der Waals surface area contributed by atoms with Crippen molar-refractivity contribution in [3.05, 3.63) is 77.3 Å². The molecule has 0 heterocycles. The van der Waals surface area contributed by atoms with Gasteiger partial charge in [0.05, 0.1) is 11.6 Å². The number of ether oxygens (including phenoxy) is 1. The second-order valence-electron chi connectivity index (χ2n) is 4.72. The van der Waals surface area contributed by atoms with E-state index in [4.69, 9.17) is 5.26 Å². The topological polar surface area (TPSA) is 33.0 Å². The molecule has 2 aromatic rings. The van der Waals surface area contributed by atoms with E-state index in [0.29, 0.717) is 5.56 Å². The molecule has 0 amide bonds. The second-order valence-corrected chi connectivity index (χ2v) is 4.72. The molecule has 5 heteroatoms. The highest BCUT2D eigenvalue weighted by Crippen LogP contribution is 2.22. The summed E-state index contributed by atoms with van der Waals surface area (Å²) in [6.45, 7) is 1.91. The number of hydrogen-bond donors (Lipinski definition) is 0. The van der Waals surface area contributed by atoms with Crippen molar-refractivity contribution in [3.63, 3.8) is 0 Å². The van der Waals surface area contributed by atoms with Crippen LogP contribution < -0.4 is 4.74 Å². The molecule has 0 bridgehead atoms. The lowest BCUT2D eigenvalue weighted by molar-refractivity contribution is 0.241. The average Bonchev–Trinajstić information content (AvgIpc) is 2.56. The van der Waals surface area contributed by atoms with Gasteiger partial charge in [0.1, 0.15) is 5.75 Å². The van der Waals surface area contributed by atoms with Gasteiger partial charge in [-0.15, -0.1) is 0 Å². The molecule has 0 aliphatic rings. The minimum Gasteiger partial charge on any atom is -0.428 e. The van der Waals surface area contributed by atoms with E-state index in [1.54, 1.807) is 24.3 Å². The van der Waals surface area contributed by atoms with E-state index in [1.165, 1.54) is 12.1 Å². The molecule has 0 aromatic heterocycles. The van der Waals surface area contributed by atoms with E-state index in [9.17, 15) is 13.2 Å². The third-order valence-electron chi connectivity index (χ3n) is 3.09. The molecule has 0 fully saturated rings. The van der Waals surface area contributed by atoms with Gasteiger partial charge < -0.3 is 4.74 Å². The molecule has 0 atom stereocenters. The Morgan fingerprint density at radius 3 is 2.13 bits per heavy atom. The van der Waals surface area contributed by atoms with Gasteiger partial charge >= 0.3 is 12.1 Å². The SMILES string of the molecule is C/C(=C\c1ccc(OC(F)=C(F)F)cc1)c1ccc(C#N)cc1. The molecular weight excluding hydrogens is 303 g/mol. The van der Waals surface area contributed by atoms with E-state index in [1.807, 2.05) is 25.1 Å². The predicted molar refractivity (Wildman–Crippen MR) is 82.1 cm³/mol. The quantitative estimate of drug-likeness (QED) is 0.549. The summed E-state index contributed by atoms with van der Waals surface area (Å²) in [5.41, 5.74) is 3.31. The molecule has 116 valence electrons. The van der Waals surface area contributed by atoms with Gasteiger partial charge in [-0.3, -0.25) is 0 Å². The number of allylic oxidation sites excluding steroid dienone is 1. The zero-order valence-electron chi connectivity index (χ0n) is 12.2. The monoisotopic (exact) mass is 315 g/mol. The standard InChI is InChI=1S/C18H12F3NO/c1-12(15-6-2-14(11-22)3-7-15)10-13-4-8-16(9-5-13)23-18(21)17(19)20/h2-10H,1H3/b12-10+. The fourth-order valence-electron chi connectivity index (χ4n) is 1.92. The van der Waals surface area contributed by atoms with Crippen LogP contribution in [0.25, 0.3) is 11.6 Å². The molecule has 0 aliphatic heterocycles.